The molecule has 0 heterocycles. The van der Waals surface area contributed by atoms with E-state index in [0.717, 1.165) is 0 Å². The van der Waals surface area contributed by atoms with Gasteiger partial charge in [0.05, 0.1) is 0 Å². The monoisotopic (exact) mass is 288 g/mol. The molecule has 0 spiro atoms. The summed E-state index contributed by atoms with van der Waals surface area (Å²) in [6.07, 6.45) is 0. The minimum absolute atomic E-state index is 0.633. The van der Waals surface area contributed by atoms with E-state index in [1.165, 1.54) is 14.7 Å². The van der Waals surface area contributed by atoms with Crippen LogP contribution in [0.4, 0.5) is 0 Å². The SMILES string of the molecule is CC(C)c1ccc(C(C)C)c(I)c1. The van der Waals surface area contributed by atoms with Crippen molar-refractivity contribution in [3.63, 3.8) is 0 Å². The van der Waals surface area contributed by atoms with E-state index in [1.807, 2.05) is 0 Å². The third kappa shape index (κ3) is 2.70. The molecule has 0 N–H and O–H groups in total. The van der Waals surface area contributed by atoms with Crippen LogP contribution in [0.25, 0.3) is 0 Å². The summed E-state index contributed by atoms with van der Waals surface area (Å²) >= 11 is 2.43. The first kappa shape index (κ1) is 11.0. The molecule has 0 nitrogen and oxygen atoms in total. The first-order chi connectivity index (χ1) is 6.02. The Morgan fingerprint density at radius 3 is 2.00 bits per heavy atom. The van der Waals surface area contributed by atoms with Crippen LogP contribution in [0.2, 0.25) is 0 Å². The molecule has 0 amide bonds. The number of benzene rings is 1. The van der Waals surface area contributed by atoms with Gasteiger partial charge in [0.15, 0.2) is 0 Å². The highest BCUT2D eigenvalue weighted by Crippen LogP contribution is 2.25. The highest BCUT2D eigenvalue weighted by atomic mass is 127. The average molecular weight is 288 g/mol. The zero-order chi connectivity index (χ0) is 10.0. The molecular formula is C12H17I. The summed E-state index contributed by atoms with van der Waals surface area (Å²) in [7, 11) is 0. The second-order valence-corrected chi connectivity index (χ2v) is 5.25. The molecule has 0 atom stereocenters. The van der Waals surface area contributed by atoms with Gasteiger partial charge in [0.1, 0.15) is 0 Å². The summed E-state index contributed by atoms with van der Waals surface area (Å²) in [5, 5.41) is 0. The van der Waals surface area contributed by atoms with Crippen molar-refractivity contribution in [2.75, 3.05) is 0 Å². The average Bonchev–Trinajstić information content (AvgIpc) is 2.03. The second kappa shape index (κ2) is 4.45. The van der Waals surface area contributed by atoms with Gasteiger partial charge in [-0.15, -0.1) is 0 Å². The van der Waals surface area contributed by atoms with Crippen LogP contribution in [0.15, 0.2) is 18.2 Å². The molecule has 0 aliphatic rings. The van der Waals surface area contributed by atoms with Gasteiger partial charge in [0.2, 0.25) is 0 Å². The fraction of sp³-hybridized carbons (Fsp3) is 0.500. The van der Waals surface area contributed by atoms with Gasteiger partial charge in [-0.05, 0) is 51.6 Å². The molecule has 0 bridgehead atoms. The Labute approximate surface area is 94.9 Å². The molecular weight excluding hydrogens is 271 g/mol. The van der Waals surface area contributed by atoms with Crippen LogP contribution in [0.3, 0.4) is 0 Å². The summed E-state index contributed by atoms with van der Waals surface area (Å²) in [6.45, 7) is 8.96. The summed E-state index contributed by atoms with van der Waals surface area (Å²) < 4.78 is 1.40. The number of hydrogen-bond acceptors (Lipinski definition) is 0. The normalized spacial score (nSPS) is 11.3. The maximum atomic E-state index is 2.43. The van der Waals surface area contributed by atoms with Crippen molar-refractivity contribution in [2.24, 2.45) is 0 Å². The van der Waals surface area contributed by atoms with Crippen molar-refractivity contribution < 1.29 is 0 Å². The first-order valence-electron chi connectivity index (χ1n) is 4.81. The minimum atomic E-state index is 0.633. The van der Waals surface area contributed by atoms with Gasteiger partial charge < -0.3 is 0 Å². The molecule has 0 saturated carbocycles. The zero-order valence-electron chi connectivity index (χ0n) is 8.76. The van der Waals surface area contributed by atoms with Gasteiger partial charge in [0.25, 0.3) is 0 Å². The van der Waals surface area contributed by atoms with Crippen molar-refractivity contribution in [2.45, 2.75) is 39.5 Å². The van der Waals surface area contributed by atoms with Gasteiger partial charge >= 0.3 is 0 Å². The van der Waals surface area contributed by atoms with Crippen LogP contribution in [0.1, 0.15) is 50.7 Å². The molecule has 1 heteroatoms. The lowest BCUT2D eigenvalue weighted by Gasteiger charge is -2.12. The Kier molecular flexibility index (Phi) is 3.77. The van der Waals surface area contributed by atoms with Crippen molar-refractivity contribution in [3.8, 4) is 0 Å². The van der Waals surface area contributed by atoms with E-state index in [9.17, 15) is 0 Å². The Morgan fingerprint density at radius 1 is 1.00 bits per heavy atom. The lowest BCUT2D eigenvalue weighted by Crippen LogP contribution is -1.95. The molecule has 1 aromatic carbocycles. The maximum Gasteiger partial charge on any atom is 0.0167 e. The van der Waals surface area contributed by atoms with Crippen LogP contribution < -0.4 is 0 Å². The first-order valence-corrected chi connectivity index (χ1v) is 5.89. The van der Waals surface area contributed by atoms with Gasteiger partial charge in [0, 0.05) is 3.57 Å². The van der Waals surface area contributed by atoms with Crippen molar-refractivity contribution >= 4 is 22.6 Å². The fourth-order valence-corrected chi connectivity index (χ4v) is 2.53. The summed E-state index contributed by atoms with van der Waals surface area (Å²) in [6, 6.07) is 6.82. The Bertz CT molecular complexity index is 287. The van der Waals surface area contributed by atoms with E-state index < -0.39 is 0 Å². The highest BCUT2D eigenvalue weighted by molar-refractivity contribution is 14.1. The van der Waals surface area contributed by atoms with Crippen LogP contribution in [0.5, 0.6) is 0 Å². The van der Waals surface area contributed by atoms with E-state index in [1.54, 1.807) is 0 Å². The quantitative estimate of drug-likeness (QED) is 0.701. The van der Waals surface area contributed by atoms with E-state index in [-0.39, 0.29) is 0 Å². The van der Waals surface area contributed by atoms with Gasteiger partial charge in [-0.1, -0.05) is 39.8 Å². The molecule has 0 unspecified atom stereocenters. The predicted octanol–water partition coefficient (Wildman–Crippen LogP) is 4.54. The molecule has 0 aliphatic heterocycles. The van der Waals surface area contributed by atoms with Crippen LogP contribution in [-0.2, 0) is 0 Å². The molecule has 0 fully saturated rings. The Hall–Kier alpha value is -0.0500. The summed E-state index contributed by atoms with van der Waals surface area (Å²) in [5.74, 6) is 1.27. The molecule has 13 heavy (non-hydrogen) atoms. The topological polar surface area (TPSA) is 0 Å². The number of halogens is 1. The van der Waals surface area contributed by atoms with Gasteiger partial charge in [-0.25, -0.2) is 0 Å². The number of rotatable bonds is 2. The third-order valence-electron chi connectivity index (χ3n) is 2.31. The van der Waals surface area contributed by atoms with E-state index >= 15 is 0 Å². The minimum Gasteiger partial charge on any atom is -0.0587 e. The van der Waals surface area contributed by atoms with Crippen LogP contribution >= 0.6 is 22.6 Å². The molecule has 0 aromatic heterocycles. The van der Waals surface area contributed by atoms with Crippen LogP contribution in [-0.4, -0.2) is 0 Å². The molecule has 1 rings (SSSR count). The second-order valence-electron chi connectivity index (χ2n) is 4.09. The highest BCUT2D eigenvalue weighted by Gasteiger charge is 2.06. The fourth-order valence-electron chi connectivity index (χ4n) is 1.37. The van der Waals surface area contributed by atoms with Crippen LogP contribution in [0, 0.1) is 3.57 Å². The predicted molar refractivity (Wildman–Crippen MR) is 67.3 cm³/mol. The maximum absolute atomic E-state index is 2.43. The van der Waals surface area contributed by atoms with E-state index in [4.69, 9.17) is 0 Å². The lowest BCUT2D eigenvalue weighted by molar-refractivity contribution is 0.839. The molecule has 0 radical (unpaired) electrons. The third-order valence-corrected chi connectivity index (χ3v) is 3.25. The van der Waals surface area contributed by atoms with Crippen molar-refractivity contribution in [1.82, 2.24) is 0 Å². The van der Waals surface area contributed by atoms with Crippen molar-refractivity contribution in [1.29, 1.82) is 0 Å². The lowest BCUT2D eigenvalue weighted by atomic mass is 9.97. The largest absolute Gasteiger partial charge is 0.0587 e. The Morgan fingerprint density at radius 2 is 1.62 bits per heavy atom. The summed E-state index contributed by atoms with van der Waals surface area (Å²) in [4.78, 5) is 0. The van der Waals surface area contributed by atoms with Gasteiger partial charge in [-0.2, -0.15) is 0 Å². The standard InChI is InChI=1S/C12H17I/c1-8(2)10-5-6-11(9(3)4)12(13)7-10/h5-9H,1-4H3. The van der Waals surface area contributed by atoms with E-state index in [0.29, 0.717) is 11.8 Å². The van der Waals surface area contributed by atoms with Crippen molar-refractivity contribution in [3.05, 3.63) is 32.9 Å². The molecule has 0 saturated heterocycles. The molecule has 0 aliphatic carbocycles. The zero-order valence-corrected chi connectivity index (χ0v) is 10.9. The van der Waals surface area contributed by atoms with E-state index in [2.05, 4.69) is 68.5 Å². The summed E-state index contributed by atoms with van der Waals surface area (Å²) in [5.41, 5.74) is 2.90. The molecule has 1 aromatic rings. The number of hydrogen-bond donors (Lipinski definition) is 0. The van der Waals surface area contributed by atoms with Gasteiger partial charge in [-0.3, -0.25) is 0 Å². The molecule has 72 valence electrons. The Balaban J connectivity index is 3.06. The smallest absolute Gasteiger partial charge is 0.0167 e.